The number of aromatic nitrogens is 1. The minimum atomic E-state index is -0.297. The number of rotatable bonds is 2. The zero-order valence-corrected chi connectivity index (χ0v) is 9.20. The van der Waals surface area contributed by atoms with Gasteiger partial charge in [-0.3, -0.25) is 0 Å². The Labute approximate surface area is 93.1 Å². The van der Waals surface area contributed by atoms with Crippen LogP contribution in [0.2, 0.25) is 0 Å². The summed E-state index contributed by atoms with van der Waals surface area (Å²) in [5.74, 6) is 0.188. The van der Waals surface area contributed by atoms with Crippen molar-refractivity contribution in [2.75, 3.05) is 5.73 Å². The van der Waals surface area contributed by atoms with Crippen LogP contribution in [0.1, 0.15) is 25.3 Å². The zero-order chi connectivity index (χ0) is 11.7. The number of nitrogen functional groups attached to an aromatic ring is 1. The Balaban J connectivity index is 2.56. The first-order valence-electron chi connectivity index (χ1n) is 5.10. The Morgan fingerprint density at radius 2 is 2.12 bits per heavy atom. The Morgan fingerprint density at radius 1 is 1.38 bits per heavy atom. The summed E-state index contributed by atoms with van der Waals surface area (Å²) in [5, 5.41) is 3.88. The summed E-state index contributed by atoms with van der Waals surface area (Å²) in [6, 6.07) is 6.23. The van der Waals surface area contributed by atoms with Gasteiger partial charge in [-0.25, -0.2) is 4.39 Å². The average Bonchev–Trinajstić information content (AvgIpc) is 2.60. The number of hydrogen-bond acceptors (Lipinski definition) is 3. The highest BCUT2D eigenvalue weighted by Gasteiger charge is 2.18. The number of anilines is 1. The molecule has 84 valence electrons. The first-order chi connectivity index (χ1) is 7.59. The third-order valence-electron chi connectivity index (χ3n) is 2.43. The Morgan fingerprint density at radius 3 is 2.75 bits per heavy atom. The maximum atomic E-state index is 13.1. The molecule has 16 heavy (non-hydrogen) atoms. The van der Waals surface area contributed by atoms with Crippen LogP contribution < -0.4 is 5.73 Å². The van der Waals surface area contributed by atoms with Crippen LogP contribution in [0, 0.1) is 5.82 Å². The fourth-order valence-electron chi connectivity index (χ4n) is 1.71. The van der Waals surface area contributed by atoms with Crippen molar-refractivity contribution in [2.45, 2.75) is 19.8 Å². The van der Waals surface area contributed by atoms with Crippen molar-refractivity contribution in [3.8, 4) is 11.3 Å². The number of benzene rings is 1. The molecule has 2 rings (SSSR count). The van der Waals surface area contributed by atoms with Crippen molar-refractivity contribution in [2.24, 2.45) is 0 Å². The Kier molecular flexibility index (Phi) is 2.64. The monoisotopic (exact) mass is 220 g/mol. The van der Waals surface area contributed by atoms with Gasteiger partial charge in [-0.1, -0.05) is 31.1 Å². The van der Waals surface area contributed by atoms with E-state index < -0.39 is 0 Å². The maximum absolute atomic E-state index is 13.1. The van der Waals surface area contributed by atoms with Crippen LogP contribution in [-0.2, 0) is 0 Å². The van der Waals surface area contributed by atoms with Crippen molar-refractivity contribution >= 4 is 5.88 Å². The van der Waals surface area contributed by atoms with Crippen LogP contribution in [0.15, 0.2) is 28.8 Å². The molecular weight excluding hydrogens is 207 g/mol. The van der Waals surface area contributed by atoms with E-state index in [-0.39, 0.29) is 11.7 Å². The van der Waals surface area contributed by atoms with E-state index in [2.05, 4.69) is 5.16 Å². The van der Waals surface area contributed by atoms with Gasteiger partial charge < -0.3 is 10.3 Å². The summed E-state index contributed by atoms with van der Waals surface area (Å²) in [4.78, 5) is 0. The molecule has 2 aromatic rings. The van der Waals surface area contributed by atoms with Crippen LogP contribution in [0.25, 0.3) is 11.3 Å². The van der Waals surface area contributed by atoms with Crippen LogP contribution in [0.4, 0.5) is 10.3 Å². The minimum absolute atomic E-state index is 0.185. The summed E-state index contributed by atoms with van der Waals surface area (Å²) in [6.45, 7) is 3.98. The molecule has 0 radical (unpaired) electrons. The van der Waals surface area contributed by atoms with Crippen LogP contribution in [0.3, 0.4) is 0 Å². The van der Waals surface area contributed by atoms with E-state index >= 15 is 0 Å². The van der Waals surface area contributed by atoms with Crippen LogP contribution >= 0.6 is 0 Å². The third kappa shape index (κ3) is 1.78. The molecule has 0 saturated heterocycles. The van der Waals surface area contributed by atoms with Crippen LogP contribution in [0.5, 0.6) is 0 Å². The molecule has 0 bridgehead atoms. The zero-order valence-electron chi connectivity index (χ0n) is 9.20. The summed E-state index contributed by atoms with van der Waals surface area (Å²) >= 11 is 0. The fourth-order valence-corrected chi connectivity index (χ4v) is 1.71. The molecule has 1 aromatic heterocycles. The second-order valence-corrected chi connectivity index (χ2v) is 3.97. The summed E-state index contributed by atoms with van der Waals surface area (Å²) in [7, 11) is 0. The molecule has 0 aliphatic rings. The van der Waals surface area contributed by atoms with Gasteiger partial charge in [-0.15, -0.1) is 0 Å². The van der Waals surface area contributed by atoms with E-state index in [9.17, 15) is 4.39 Å². The Bertz CT molecular complexity index is 505. The highest BCUT2D eigenvalue weighted by atomic mass is 19.1. The first-order valence-corrected chi connectivity index (χ1v) is 5.10. The lowest BCUT2D eigenvalue weighted by Crippen LogP contribution is -1.94. The van der Waals surface area contributed by atoms with Crippen molar-refractivity contribution in [1.82, 2.24) is 5.16 Å². The molecule has 0 atom stereocenters. The van der Waals surface area contributed by atoms with Crippen LogP contribution in [-0.4, -0.2) is 5.16 Å². The SMILES string of the molecule is CC(C)c1c(-c2cccc(F)c2)noc1N. The Hall–Kier alpha value is -1.84. The lowest BCUT2D eigenvalue weighted by molar-refractivity contribution is 0.438. The van der Waals surface area contributed by atoms with Gasteiger partial charge in [-0.2, -0.15) is 0 Å². The maximum Gasteiger partial charge on any atom is 0.226 e. The average molecular weight is 220 g/mol. The number of nitrogens with zero attached hydrogens (tertiary/aromatic N) is 1. The molecule has 0 aliphatic carbocycles. The molecule has 0 aliphatic heterocycles. The summed E-state index contributed by atoms with van der Waals surface area (Å²) in [5.41, 5.74) is 7.82. The molecule has 0 unspecified atom stereocenters. The van der Waals surface area contributed by atoms with E-state index in [0.717, 1.165) is 5.56 Å². The van der Waals surface area contributed by atoms with Gasteiger partial charge in [0.1, 0.15) is 11.5 Å². The summed E-state index contributed by atoms with van der Waals surface area (Å²) < 4.78 is 18.1. The van der Waals surface area contributed by atoms with Gasteiger partial charge in [0.2, 0.25) is 5.88 Å². The van der Waals surface area contributed by atoms with Gasteiger partial charge in [0, 0.05) is 11.1 Å². The molecule has 1 aromatic carbocycles. The smallest absolute Gasteiger partial charge is 0.226 e. The molecule has 2 N–H and O–H groups in total. The van der Waals surface area contributed by atoms with Gasteiger partial charge in [-0.05, 0) is 18.1 Å². The standard InChI is InChI=1S/C12H13FN2O/c1-7(2)10-11(15-16-12(10)14)8-4-3-5-9(13)6-8/h3-7H,14H2,1-2H3. The lowest BCUT2D eigenvalue weighted by atomic mass is 9.99. The molecule has 3 nitrogen and oxygen atoms in total. The minimum Gasteiger partial charge on any atom is -0.367 e. The van der Waals surface area contributed by atoms with Gasteiger partial charge in [0.25, 0.3) is 0 Å². The first kappa shape index (κ1) is 10.7. The highest BCUT2D eigenvalue weighted by Crippen LogP contribution is 2.32. The molecular formula is C12H13FN2O. The molecule has 1 heterocycles. The van der Waals surface area contributed by atoms with Crippen molar-refractivity contribution < 1.29 is 8.91 Å². The van der Waals surface area contributed by atoms with Gasteiger partial charge in [0.05, 0.1) is 0 Å². The lowest BCUT2D eigenvalue weighted by Gasteiger charge is -2.05. The molecule has 0 amide bonds. The third-order valence-corrected chi connectivity index (χ3v) is 2.43. The van der Waals surface area contributed by atoms with Gasteiger partial charge >= 0.3 is 0 Å². The molecule has 0 spiro atoms. The number of nitrogens with two attached hydrogens (primary N) is 1. The second kappa shape index (κ2) is 3.96. The molecule has 0 fully saturated rings. The fraction of sp³-hybridized carbons (Fsp3) is 0.250. The largest absolute Gasteiger partial charge is 0.367 e. The second-order valence-electron chi connectivity index (χ2n) is 3.97. The van der Waals surface area contributed by atoms with Gasteiger partial charge in [0.15, 0.2) is 0 Å². The van der Waals surface area contributed by atoms with E-state index in [4.69, 9.17) is 10.3 Å². The van der Waals surface area contributed by atoms with E-state index in [1.54, 1.807) is 12.1 Å². The van der Waals surface area contributed by atoms with Crippen molar-refractivity contribution in [3.63, 3.8) is 0 Å². The number of hydrogen-bond donors (Lipinski definition) is 1. The number of halogens is 1. The molecule has 0 saturated carbocycles. The van der Waals surface area contributed by atoms with E-state index in [0.29, 0.717) is 17.1 Å². The van der Waals surface area contributed by atoms with E-state index in [1.807, 2.05) is 13.8 Å². The van der Waals surface area contributed by atoms with Crippen molar-refractivity contribution in [3.05, 3.63) is 35.6 Å². The summed E-state index contributed by atoms with van der Waals surface area (Å²) in [6.07, 6.45) is 0. The van der Waals surface area contributed by atoms with E-state index in [1.165, 1.54) is 12.1 Å². The predicted molar refractivity (Wildman–Crippen MR) is 60.4 cm³/mol. The molecule has 4 heteroatoms. The van der Waals surface area contributed by atoms with Crippen molar-refractivity contribution in [1.29, 1.82) is 0 Å². The normalized spacial score (nSPS) is 11.0. The highest BCUT2D eigenvalue weighted by molar-refractivity contribution is 5.67. The quantitative estimate of drug-likeness (QED) is 0.845. The predicted octanol–water partition coefficient (Wildman–Crippen LogP) is 3.19. The topological polar surface area (TPSA) is 52.0 Å².